The highest BCUT2D eigenvalue weighted by Crippen LogP contribution is 2.23. The van der Waals surface area contributed by atoms with Crippen molar-refractivity contribution in [2.45, 2.75) is 24.9 Å². The summed E-state index contributed by atoms with van der Waals surface area (Å²) in [6.07, 6.45) is 0.624. The first-order chi connectivity index (χ1) is 18.5. The Morgan fingerprint density at radius 2 is 0.789 bits per heavy atom. The second kappa shape index (κ2) is 11.0. The van der Waals surface area contributed by atoms with Gasteiger partial charge in [-0.05, 0) is 35.4 Å². The molecule has 2 aliphatic rings. The number of ketones is 4. The summed E-state index contributed by atoms with van der Waals surface area (Å²) in [6, 6.07) is 31.7. The Bertz CT molecular complexity index is 1380. The Morgan fingerprint density at radius 3 is 1.18 bits per heavy atom. The maximum Gasteiger partial charge on any atom is 0.192 e. The largest absolute Gasteiger partial charge is 0.369 e. The van der Waals surface area contributed by atoms with Gasteiger partial charge in [0, 0.05) is 35.3 Å². The maximum absolute atomic E-state index is 12.3. The van der Waals surface area contributed by atoms with Crippen LogP contribution in [0.2, 0.25) is 0 Å². The van der Waals surface area contributed by atoms with Gasteiger partial charge in [0.15, 0.2) is 23.1 Å². The lowest BCUT2D eigenvalue weighted by atomic mass is 9.86. The van der Waals surface area contributed by atoms with Crippen molar-refractivity contribution < 1.29 is 19.2 Å². The van der Waals surface area contributed by atoms with Gasteiger partial charge in [-0.1, -0.05) is 84.9 Å². The number of carbonyl (C=O) groups excluding carboxylic acids is 4. The van der Waals surface area contributed by atoms with Gasteiger partial charge in [0.25, 0.3) is 0 Å². The minimum Gasteiger partial charge on any atom is -0.369 e. The fourth-order valence-electron chi connectivity index (χ4n) is 4.71. The van der Waals surface area contributed by atoms with E-state index in [4.69, 9.17) is 0 Å². The van der Waals surface area contributed by atoms with Crippen LogP contribution in [0.1, 0.15) is 31.8 Å². The predicted octanol–water partition coefficient (Wildman–Crippen LogP) is 4.95. The number of anilines is 2. The first kappa shape index (κ1) is 24.8. The zero-order valence-corrected chi connectivity index (χ0v) is 20.6. The van der Waals surface area contributed by atoms with E-state index in [0.29, 0.717) is 24.0 Å². The topological polar surface area (TPSA) is 92.3 Å². The molecule has 2 atom stereocenters. The van der Waals surface area contributed by atoms with E-state index in [1.165, 1.54) is 0 Å². The van der Waals surface area contributed by atoms with Crippen molar-refractivity contribution in [2.75, 3.05) is 10.6 Å². The highest BCUT2D eigenvalue weighted by molar-refractivity contribution is 6.20. The number of Topliss-reactive ketones (excluding diaryl/α,β-unsaturated/α-hetero) is 4. The molecule has 0 saturated heterocycles. The molecule has 6 rings (SSSR count). The normalized spacial score (nSPS) is 18.0. The molecule has 188 valence electrons. The van der Waals surface area contributed by atoms with E-state index < -0.39 is 12.1 Å². The first-order valence-electron chi connectivity index (χ1n) is 12.4. The molecule has 2 aliphatic carbocycles. The molecule has 6 nitrogen and oxygen atoms in total. The second-order valence-electron chi connectivity index (χ2n) is 9.22. The lowest BCUT2D eigenvalue weighted by molar-refractivity contribution is -0.119. The number of benzene rings is 4. The van der Waals surface area contributed by atoms with Crippen molar-refractivity contribution >= 4 is 34.5 Å². The molecule has 4 aromatic carbocycles. The third-order valence-electron chi connectivity index (χ3n) is 6.63. The van der Waals surface area contributed by atoms with Crippen molar-refractivity contribution in [2.24, 2.45) is 0 Å². The van der Waals surface area contributed by atoms with Crippen molar-refractivity contribution in [1.82, 2.24) is 0 Å². The zero-order valence-electron chi connectivity index (χ0n) is 20.6. The second-order valence-corrected chi connectivity index (χ2v) is 9.22. The summed E-state index contributed by atoms with van der Waals surface area (Å²) < 4.78 is 0. The minimum atomic E-state index is -0.766. The highest BCUT2D eigenvalue weighted by Gasteiger charge is 2.34. The van der Waals surface area contributed by atoms with Gasteiger partial charge in [-0.3, -0.25) is 19.2 Å². The molecule has 0 fully saturated rings. The van der Waals surface area contributed by atoms with Crippen LogP contribution in [0, 0.1) is 0 Å². The molecular weight excluding hydrogens is 476 g/mol. The summed E-state index contributed by atoms with van der Waals surface area (Å²) in [5.41, 5.74) is 4.51. The number of fused-ring (bicyclic) bond motifs is 2. The van der Waals surface area contributed by atoms with E-state index in [1.807, 2.05) is 97.1 Å². The minimum absolute atomic E-state index is 0.0763. The van der Waals surface area contributed by atoms with Crippen LogP contribution in [0.5, 0.6) is 0 Å². The molecule has 0 saturated carbocycles. The molecule has 6 heteroatoms. The van der Waals surface area contributed by atoms with E-state index in [1.54, 1.807) is 12.1 Å². The van der Waals surface area contributed by atoms with Crippen LogP contribution in [-0.2, 0) is 22.4 Å². The number of hydrogen-bond acceptors (Lipinski definition) is 6. The molecule has 0 amide bonds. The lowest BCUT2D eigenvalue weighted by Gasteiger charge is -2.23. The predicted molar refractivity (Wildman–Crippen MR) is 147 cm³/mol. The van der Waals surface area contributed by atoms with E-state index in [-0.39, 0.29) is 23.1 Å². The third-order valence-corrected chi connectivity index (χ3v) is 6.63. The summed E-state index contributed by atoms with van der Waals surface area (Å²) in [5, 5.41) is 6.04. The number of carbonyl (C=O) groups is 4. The quantitative estimate of drug-likeness (QED) is 0.384. The van der Waals surface area contributed by atoms with Crippen molar-refractivity contribution in [3.8, 4) is 0 Å². The Morgan fingerprint density at radius 1 is 0.447 bits per heavy atom. The van der Waals surface area contributed by atoms with E-state index in [9.17, 15) is 19.2 Å². The van der Waals surface area contributed by atoms with Gasteiger partial charge in [0.05, 0.1) is 0 Å². The summed E-state index contributed by atoms with van der Waals surface area (Å²) >= 11 is 0. The fraction of sp³-hybridized carbons (Fsp3) is 0.125. The number of para-hydroxylation sites is 2. The van der Waals surface area contributed by atoms with Crippen LogP contribution in [-0.4, -0.2) is 35.2 Å². The molecule has 0 aromatic heterocycles. The molecule has 0 heterocycles. The average molecular weight is 503 g/mol. The molecule has 38 heavy (non-hydrogen) atoms. The van der Waals surface area contributed by atoms with Crippen LogP contribution in [0.4, 0.5) is 11.4 Å². The average Bonchev–Trinajstić information content (AvgIpc) is 2.95. The van der Waals surface area contributed by atoms with E-state index in [2.05, 4.69) is 10.6 Å². The van der Waals surface area contributed by atoms with E-state index in [0.717, 1.165) is 22.5 Å². The zero-order chi connectivity index (χ0) is 26.5. The number of rotatable bonds is 4. The van der Waals surface area contributed by atoms with Crippen LogP contribution in [0.15, 0.2) is 109 Å². The molecule has 2 unspecified atom stereocenters. The van der Waals surface area contributed by atoms with Crippen LogP contribution in [0.25, 0.3) is 0 Å². The Hall–Kier alpha value is -4.84. The molecule has 0 bridgehead atoms. The third kappa shape index (κ3) is 5.30. The van der Waals surface area contributed by atoms with E-state index >= 15 is 0 Å². The monoisotopic (exact) mass is 502 g/mol. The van der Waals surface area contributed by atoms with Gasteiger partial charge in [-0.25, -0.2) is 0 Å². The standard InChI is InChI=1S/2C16H13NO2/c2*18-14-10-11-6-4-5-9-13(11)16(19)15(14)17-12-7-2-1-3-8-12/h2*1-9,15,17H,10H2. The molecular formula is C32H26N2O4. The number of hydrogen-bond donors (Lipinski definition) is 2. The van der Waals surface area contributed by atoms with Crippen LogP contribution < -0.4 is 10.6 Å². The van der Waals surface area contributed by atoms with Crippen LogP contribution >= 0.6 is 0 Å². The Labute approximate surface area is 220 Å². The van der Waals surface area contributed by atoms with Gasteiger partial charge >= 0.3 is 0 Å². The molecule has 4 aromatic rings. The van der Waals surface area contributed by atoms with Crippen molar-refractivity contribution in [1.29, 1.82) is 0 Å². The summed E-state index contributed by atoms with van der Waals surface area (Å²) in [7, 11) is 0. The Balaban J connectivity index is 0.000000155. The molecule has 0 radical (unpaired) electrons. The number of nitrogens with one attached hydrogen (secondary N) is 2. The fourth-order valence-corrected chi connectivity index (χ4v) is 4.71. The first-order valence-corrected chi connectivity index (χ1v) is 12.4. The van der Waals surface area contributed by atoms with Gasteiger partial charge in [-0.15, -0.1) is 0 Å². The van der Waals surface area contributed by atoms with Crippen LogP contribution in [0.3, 0.4) is 0 Å². The SMILES string of the molecule is O=C1Cc2ccccc2C(=O)C1Nc1ccccc1.O=C1Cc2ccccc2C(=O)C1Nc1ccccc1. The van der Waals surface area contributed by atoms with Gasteiger partial charge in [0.1, 0.15) is 12.1 Å². The highest BCUT2D eigenvalue weighted by atomic mass is 16.2. The smallest absolute Gasteiger partial charge is 0.192 e. The summed E-state index contributed by atoms with van der Waals surface area (Å²) in [4.78, 5) is 48.9. The molecule has 2 N–H and O–H groups in total. The Kier molecular flexibility index (Phi) is 7.22. The van der Waals surface area contributed by atoms with Gasteiger partial charge in [0.2, 0.25) is 0 Å². The molecule has 0 spiro atoms. The molecule has 0 aliphatic heterocycles. The van der Waals surface area contributed by atoms with Gasteiger partial charge in [-0.2, -0.15) is 0 Å². The lowest BCUT2D eigenvalue weighted by Crippen LogP contribution is -2.42. The summed E-state index contributed by atoms with van der Waals surface area (Å²) in [5.74, 6) is -0.438. The van der Waals surface area contributed by atoms with Crippen molar-refractivity contribution in [3.63, 3.8) is 0 Å². The summed E-state index contributed by atoms with van der Waals surface area (Å²) in [6.45, 7) is 0. The van der Waals surface area contributed by atoms with Gasteiger partial charge < -0.3 is 10.6 Å². The maximum atomic E-state index is 12.3. The van der Waals surface area contributed by atoms with Crippen molar-refractivity contribution in [3.05, 3.63) is 131 Å².